The summed E-state index contributed by atoms with van der Waals surface area (Å²) in [5.41, 5.74) is 1.34. The Bertz CT molecular complexity index is 818. The number of rotatable bonds is 5. The maximum atomic E-state index is 12.7. The van der Waals surface area contributed by atoms with Crippen LogP contribution in [0.5, 0.6) is 11.5 Å². The molecule has 2 N–H and O–H groups in total. The first kappa shape index (κ1) is 19.5. The van der Waals surface area contributed by atoms with Crippen LogP contribution in [0.1, 0.15) is 12.8 Å². The molecule has 28 heavy (non-hydrogen) atoms. The van der Waals surface area contributed by atoms with Gasteiger partial charge in [-0.05, 0) is 37.1 Å². The van der Waals surface area contributed by atoms with Gasteiger partial charge < -0.3 is 25.0 Å². The maximum Gasteiger partial charge on any atom is 0.321 e. The Morgan fingerprint density at radius 3 is 2.32 bits per heavy atom. The molecule has 0 bridgehead atoms. The number of anilines is 2. The molecule has 0 aromatic heterocycles. The van der Waals surface area contributed by atoms with E-state index in [1.807, 2.05) is 30.3 Å². The van der Waals surface area contributed by atoms with Gasteiger partial charge in [0.1, 0.15) is 11.5 Å². The van der Waals surface area contributed by atoms with E-state index in [2.05, 4.69) is 10.6 Å². The van der Waals surface area contributed by atoms with Gasteiger partial charge in [-0.15, -0.1) is 0 Å². The molecule has 7 heteroatoms. The van der Waals surface area contributed by atoms with Crippen molar-refractivity contribution in [2.75, 3.05) is 37.9 Å². The Hall–Kier alpha value is -3.22. The van der Waals surface area contributed by atoms with E-state index in [1.165, 1.54) is 0 Å². The van der Waals surface area contributed by atoms with E-state index in [-0.39, 0.29) is 17.9 Å². The van der Waals surface area contributed by atoms with Crippen molar-refractivity contribution in [2.45, 2.75) is 12.8 Å². The number of benzene rings is 2. The smallest absolute Gasteiger partial charge is 0.321 e. The Morgan fingerprint density at radius 1 is 0.964 bits per heavy atom. The van der Waals surface area contributed by atoms with Crippen LogP contribution in [0.2, 0.25) is 0 Å². The molecule has 3 rings (SSSR count). The third-order valence-electron chi connectivity index (χ3n) is 4.84. The quantitative estimate of drug-likeness (QED) is 0.827. The third kappa shape index (κ3) is 4.73. The normalized spacial score (nSPS) is 14.3. The predicted molar refractivity (Wildman–Crippen MR) is 108 cm³/mol. The van der Waals surface area contributed by atoms with Gasteiger partial charge in [0, 0.05) is 30.8 Å². The molecule has 0 aliphatic carbocycles. The number of hydrogen-bond donors (Lipinski definition) is 2. The molecule has 1 aliphatic heterocycles. The number of urea groups is 1. The van der Waals surface area contributed by atoms with E-state index >= 15 is 0 Å². The molecule has 0 atom stereocenters. The van der Waals surface area contributed by atoms with Gasteiger partial charge in [-0.3, -0.25) is 4.79 Å². The number of amides is 3. The fourth-order valence-corrected chi connectivity index (χ4v) is 3.22. The molecule has 0 unspecified atom stereocenters. The average Bonchev–Trinajstić information content (AvgIpc) is 2.74. The van der Waals surface area contributed by atoms with Crippen molar-refractivity contribution in [1.82, 2.24) is 4.90 Å². The molecule has 0 spiro atoms. The molecule has 1 heterocycles. The molecular weight excluding hydrogens is 358 g/mol. The molecule has 1 aliphatic rings. The zero-order chi connectivity index (χ0) is 19.9. The molecule has 1 saturated heterocycles. The number of carbonyl (C=O) groups excluding carboxylic acids is 2. The molecular formula is C21H25N3O4. The number of methoxy groups -OCH3 is 2. The summed E-state index contributed by atoms with van der Waals surface area (Å²) < 4.78 is 10.5. The highest BCUT2D eigenvalue weighted by atomic mass is 16.5. The van der Waals surface area contributed by atoms with Gasteiger partial charge in [-0.25, -0.2) is 4.79 Å². The number of piperidine rings is 1. The molecule has 2 aromatic carbocycles. The molecule has 0 radical (unpaired) electrons. The number of likely N-dealkylation sites (tertiary alicyclic amines) is 1. The fraction of sp³-hybridized carbons (Fsp3) is 0.333. The number of nitrogens with one attached hydrogen (secondary N) is 2. The minimum Gasteiger partial charge on any atom is -0.497 e. The van der Waals surface area contributed by atoms with Gasteiger partial charge in [-0.2, -0.15) is 0 Å². The van der Waals surface area contributed by atoms with Crippen LogP contribution >= 0.6 is 0 Å². The van der Waals surface area contributed by atoms with Crippen LogP contribution in [0, 0.1) is 5.92 Å². The lowest BCUT2D eigenvalue weighted by Crippen LogP contribution is -2.43. The Morgan fingerprint density at radius 2 is 1.68 bits per heavy atom. The number of para-hydroxylation sites is 1. The summed E-state index contributed by atoms with van der Waals surface area (Å²) in [6.45, 7) is 1.07. The van der Waals surface area contributed by atoms with E-state index in [4.69, 9.17) is 9.47 Å². The van der Waals surface area contributed by atoms with Crippen molar-refractivity contribution in [1.29, 1.82) is 0 Å². The van der Waals surface area contributed by atoms with E-state index in [9.17, 15) is 9.59 Å². The number of nitrogens with zero attached hydrogens (tertiary/aromatic N) is 1. The minimum absolute atomic E-state index is 0.0744. The Labute approximate surface area is 164 Å². The highest BCUT2D eigenvalue weighted by Crippen LogP contribution is 2.30. The second kappa shape index (κ2) is 9.12. The standard InChI is InChI=1S/C21H25N3O4/c1-27-17-8-9-19(28-2)18(14-17)23-20(25)15-10-12-24(13-11-15)21(26)22-16-6-4-3-5-7-16/h3-9,14-15H,10-13H2,1-2H3,(H,22,26)(H,23,25). The first-order valence-electron chi connectivity index (χ1n) is 9.24. The first-order valence-corrected chi connectivity index (χ1v) is 9.24. The molecule has 148 valence electrons. The molecule has 3 amide bonds. The average molecular weight is 383 g/mol. The number of carbonyl (C=O) groups is 2. The lowest BCUT2D eigenvalue weighted by molar-refractivity contribution is -0.121. The van der Waals surface area contributed by atoms with Crippen molar-refractivity contribution < 1.29 is 19.1 Å². The van der Waals surface area contributed by atoms with E-state index < -0.39 is 0 Å². The van der Waals surface area contributed by atoms with Gasteiger partial charge >= 0.3 is 6.03 Å². The second-order valence-electron chi connectivity index (χ2n) is 6.61. The van der Waals surface area contributed by atoms with Crippen LogP contribution in [0.3, 0.4) is 0 Å². The monoisotopic (exact) mass is 383 g/mol. The van der Waals surface area contributed by atoms with Crippen molar-refractivity contribution in [3.05, 3.63) is 48.5 Å². The lowest BCUT2D eigenvalue weighted by atomic mass is 9.96. The van der Waals surface area contributed by atoms with Gasteiger partial charge in [0.25, 0.3) is 0 Å². The van der Waals surface area contributed by atoms with E-state index in [0.29, 0.717) is 43.1 Å². The number of ether oxygens (including phenoxy) is 2. The third-order valence-corrected chi connectivity index (χ3v) is 4.84. The molecule has 2 aromatic rings. The van der Waals surface area contributed by atoms with Gasteiger partial charge in [0.05, 0.1) is 19.9 Å². The SMILES string of the molecule is COc1ccc(OC)c(NC(=O)C2CCN(C(=O)Nc3ccccc3)CC2)c1. The van der Waals surface area contributed by atoms with Crippen LogP contribution in [-0.2, 0) is 4.79 Å². The zero-order valence-corrected chi connectivity index (χ0v) is 16.1. The summed E-state index contributed by atoms with van der Waals surface area (Å²) in [6.07, 6.45) is 1.22. The molecule has 0 saturated carbocycles. The summed E-state index contributed by atoms with van der Waals surface area (Å²) in [5, 5.41) is 5.81. The Balaban J connectivity index is 1.55. The van der Waals surface area contributed by atoms with Crippen LogP contribution < -0.4 is 20.1 Å². The maximum absolute atomic E-state index is 12.7. The summed E-state index contributed by atoms with van der Waals surface area (Å²) in [5.74, 6) is 0.990. The largest absolute Gasteiger partial charge is 0.497 e. The number of hydrogen-bond acceptors (Lipinski definition) is 4. The van der Waals surface area contributed by atoms with Crippen LogP contribution in [0.25, 0.3) is 0 Å². The van der Waals surface area contributed by atoms with Crippen LogP contribution in [-0.4, -0.2) is 44.1 Å². The fourth-order valence-electron chi connectivity index (χ4n) is 3.22. The Kier molecular flexibility index (Phi) is 6.37. The van der Waals surface area contributed by atoms with Crippen LogP contribution in [0.4, 0.5) is 16.2 Å². The second-order valence-corrected chi connectivity index (χ2v) is 6.61. The highest BCUT2D eigenvalue weighted by Gasteiger charge is 2.28. The lowest BCUT2D eigenvalue weighted by Gasteiger charge is -2.31. The van der Waals surface area contributed by atoms with Gasteiger partial charge in [-0.1, -0.05) is 18.2 Å². The van der Waals surface area contributed by atoms with Crippen molar-refractivity contribution in [3.8, 4) is 11.5 Å². The minimum atomic E-state index is -0.156. The van der Waals surface area contributed by atoms with E-state index in [1.54, 1.807) is 37.3 Å². The first-order chi connectivity index (χ1) is 13.6. The van der Waals surface area contributed by atoms with Crippen LogP contribution in [0.15, 0.2) is 48.5 Å². The molecule has 7 nitrogen and oxygen atoms in total. The molecule has 1 fully saturated rings. The summed E-state index contributed by atoms with van der Waals surface area (Å²) in [4.78, 5) is 26.8. The predicted octanol–water partition coefficient (Wildman–Crippen LogP) is 3.59. The summed E-state index contributed by atoms with van der Waals surface area (Å²) in [6, 6.07) is 14.5. The topological polar surface area (TPSA) is 79.9 Å². The van der Waals surface area contributed by atoms with Crippen molar-refractivity contribution in [3.63, 3.8) is 0 Å². The zero-order valence-electron chi connectivity index (χ0n) is 16.1. The van der Waals surface area contributed by atoms with Gasteiger partial charge in [0.2, 0.25) is 5.91 Å². The van der Waals surface area contributed by atoms with E-state index in [0.717, 1.165) is 5.69 Å². The van der Waals surface area contributed by atoms with Gasteiger partial charge in [0.15, 0.2) is 0 Å². The van der Waals surface area contributed by atoms with Crippen molar-refractivity contribution >= 4 is 23.3 Å². The summed E-state index contributed by atoms with van der Waals surface area (Å²) in [7, 11) is 3.13. The summed E-state index contributed by atoms with van der Waals surface area (Å²) >= 11 is 0. The highest BCUT2D eigenvalue weighted by molar-refractivity contribution is 5.94. The van der Waals surface area contributed by atoms with Crippen molar-refractivity contribution in [2.24, 2.45) is 5.92 Å².